The molecule has 3 aromatic carbocycles. The molecule has 4 aromatic rings. The van der Waals surface area contributed by atoms with Crippen molar-refractivity contribution in [2.75, 3.05) is 24.4 Å². The number of carbonyl (C=O) groups is 2. The van der Waals surface area contributed by atoms with Gasteiger partial charge < -0.3 is 20.1 Å². The molecule has 0 atom stereocenters. The average Bonchev–Trinajstić information content (AvgIpc) is 2.89. The van der Waals surface area contributed by atoms with Gasteiger partial charge in [0.25, 0.3) is 0 Å². The number of anilines is 4. The third-order valence-electron chi connectivity index (χ3n) is 5.46. The molecule has 35 heavy (non-hydrogen) atoms. The molecule has 176 valence electrons. The van der Waals surface area contributed by atoms with Gasteiger partial charge in [-0.25, -0.2) is 4.79 Å². The van der Waals surface area contributed by atoms with E-state index in [9.17, 15) is 14.7 Å². The summed E-state index contributed by atoms with van der Waals surface area (Å²) in [5.74, 6) is -0.833. The van der Waals surface area contributed by atoms with Crippen LogP contribution in [0.4, 0.5) is 22.7 Å². The lowest BCUT2D eigenvalue weighted by atomic mass is 10.0. The first-order valence-corrected chi connectivity index (χ1v) is 11.0. The Hall–Kier alpha value is -4.36. The monoisotopic (exact) mass is 487 g/mol. The van der Waals surface area contributed by atoms with Gasteiger partial charge in [0, 0.05) is 29.0 Å². The molecule has 0 saturated heterocycles. The van der Waals surface area contributed by atoms with E-state index in [1.165, 1.54) is 6.07 Å². The van der Waals surface area contributed by atoms with Crippen molar-refractivity contribution >= 4 is 46.1 Å². The minimum absolute atomic E-state index is 0.0224. The number of hydrogen-bond donors (Lipinski definition) is 2. The molecule has 0 aliphatic carbocycles. The number of methoxy groups -OCH3 is 1. The number of carbonyl (C=O) groups excluding carboxylic acids is 1. The van der Waals surface area contributed by atoms with Crippen molar-refractivity contribution in [1.82, 2.24) is 4.98 Å². The second-order valence-electron chi connectivity index (χ2n) is 7.69. The van der Waals surface area contributed by atoms with Crippen LogP contribution in [0.15, 0.2) is 85.1 Å². The highest BCUT2D eigenvalue weighted by Crippen LogP contribution is 2.27. The molecule has 0 aliphatic heterocycles. The number of halogens is 1. The van der Waals surface area contributed by atoms with Crippen LogP contribution in [0.5, 0.6) is 5.75 Å². The van der Waals surface area contributed by atoms with Crippen molar-refractivity contribution in [2.45, 2.75) is 0 Å². The molecule has 0 saturated carbocycles. The van der Waals surface area contributed by atoms with Gasteiger partial charge in [-0.05, 0) is 78.9 Å². The van der Waals surface area contributed by atoms with E-state index in [2.05, 4.69) is 10.3 Å². The summed E-state index contributed by atoms with van der Waals surface area (Å²) < 4.78 is 5.14. The third-order valence-corrected chi connectivity index (χ3v) is 5.71. The number of nitrogens with zero attached hydrogens (tertiary/aromatic N) is 2. The molecule has 0 spiro atoms. The lowest BCUT2D eigenvalue weighted by Crippen LogP contribution is -2.11. The quantitative estimate of drug-likeness (QED) is 0.286. The van der Waals surface area contributed by atoms with Crippen LogP contribution in [0.2, 0.25) is 5.02 Å². The van der Waals surface area contributed by atoms with E-state index < -0.39 is 5.97 Å². The Morgan fingerprint density at radius 2 is 1.63 bits per heavy atom. The Labute approximate surface area is 207 Å². The van der Waals surface area contributed by atoms with Crippen LogP contribution < -0.4 is 15.0 Å². The van der Waals surface area contributed by atoms with Crippen LogP contribution in [-0.2, 0) is 0 Å². The summed E-state index contributed by atoms with van der Waals surface area (Å²) >= 11 is 5.95. The van der Waals surface area contributed by atoms with Crippen LogP contribution in [0.1, 0.15) is 26.4 Å². The van der Waals surface area contributed by atoms with Gasteiger partial charge in [-0.3, -0.25) is 9.78 Å². The van der Waals surface area contributed by atoms with Crippen molar-refractivity contribution in [1.29, 1.82) is 0 Å². The van der Waals surface area contributed by atoms with Gasteiger partial charge >= 0.3 is 5.97 Å². The summed E-state index contributed by atoms with van der Waals surface area (Å²) in [6, 6.07) is 22.4. The molecule has 7 nitrogen and oxygen atoms in total. The Bertz CT molecular complexity index is 1360. The van der Waals surface area contributed by atoms with Crippen molar-refractivity contribution in [3.8, 4) is 5.75 Å². The zero-order chi connectivity index (χ0) is 24.9. The largest absolute Gasteiger partial charge is 0.497 e. The zero-order valence-electron chi connectivity index (χ0n) is 19.0. The number of ketones is 1. The maximum Gasteiger partial charge on any atom is 0.337 e. The Morgan fingerprint density at radius 3 is 2.23 bits per heavy atom. The van der Waals surface area contributed by atoms with E-state index in [1.807, 2.05) is 24.1 Å². The Kier molecular flexibility index (Phi) is 6.98. The molecule has 4 rings (SSSR count). The summed E-state index contributed by atoms with van der Waals surface area (Å²) in [7, 11) is 3.45. The lowest BCUT2D eigenvalue weighted by molar-refractivity contribution is 0.0698. The smallest absolute Gasteiger partial charge is 0.337 e. The normalized spacial score (nSPS) is 10.5. The molecule has 1 aromatic heterocycles. The first-order valence-electron chi connectivity index (χ1n) is 10.6. The average molecular weight is 488 g/mol. The number of carboxylic acid groups (broad SMARTS) is 1. The van der Waals surface area contributed by atoms with Crippen LogP contribution in [0.3, 0.4) is 0 Å². The van der Waals surface area contributed by atoms with E-state index in [1.54, 1.807) is 74.0 Å². The van der Waals surface area contributed by atoms with Crippen molar-refractivity contribution < 1.29 is 19.4 Å². The molecule has 8 heteroatoms. The molecule has 0 unspecified atom stereocenters. The van der Waals surface area contributed by atoms with E-state index >= 15 is 0 Å². The summed E-state index contributed by atoms with van der Waals surface area (Å²) in [5.41, 5.74) is 3.18. The fraction of sp³-hybridized carbons (Fsp3) is 0.0741. The van der Waals surface area contributed by atoms with Crippen molar-refractivity contribution in [2.24, 2.45) is 0 Å². The minimum Gasteiger partial charge on any atom is -0.497 e. The Morgan fingerprint density at radius 1 is 0.943 bits per heavy atom. The van der Waals surface area contributed by atoms with E-state index in [0.717, 1.165) is 11.4 Å². The zero-order valence-corrected chi connectivity index (χ0v) is 19.8. The number of rotatable bonds is 8. The van der Waals surface area contributed by atoms with Gasteiger partial charge in [0.15, 0.2) is 0 Å². The second kappa shape index (κ2) is 10.3. The van der Waals surface area contributed by atoms with E-state index in [-0.39, 0.29) is 22.6 Å². The van der Waals surface area contributed by atoms with Gasteiger partial charge in [0.2, 0.25) is 5.78 Å². The number of aromatic nitrogens is 1. The molecule has 1 heterocycles. The van der Waals surface area contributed by atoms with E-state index in [0.29, 0.717) is 22.1 Å². The van der Waals surface area contributed by atoms with Crippen LogP contribution in [0, 0.1) is 0 Å². The summed E-state index contributed by atoms with van der Waals surface area (Å²) in [5, 5.41) is 13.4. The predicted molar refractivity (Wildman–Crippen MR) is 137 cm³/mol. The van der Waals surface area contributed by atoms with Crippen LogP contribution in [-0.4, -0.2) is 36.0 Å². The molecule has 2 N–H and O–H groups in total. The van der Waals surface area contributed by atoms with E-state index in [4.69, 9.17) is 16.3 Å². The molecule has 0 aliphatic rings. The summed E-state index contributed by atoms with van der Waals surface area (Å²) in [6.45, 7) is 0. The van der Waals surface area contributed by atoms with Gasteiger partial charge in [0.05, 0.1) is 30.2 Å². The molecule has 0 amide bonds. The number of nitrogens with one attached hydrogen (secondary N) is 1. The highest BCUT2D eigenvalue weighted by molar-refractivity contribution is 6.30. The second-order valence-corrected chi connectivity index (χ2v) is 8.12. The number of benzene rings is 3. The van der Waals surface area contributed by atoms with Gasteiger partial charge in [-0.1, -0.05) is 11.6 Å². The number of hydrogen-bond acceptors (Lipinski definition) is 6. The van der Waals surface area contributed by atoms with Crippen molar-refractivity contribution in [3.63, 3.8) is 0 Å². The molecule has 0 bridgehead atoms. The predicted octanol–water partition coefficient (Wildman–Crippen LogP) is 6.18. The first-order chi connectivity index (χ1) is 16.9. The highest BCUT2D eigenvalue weighted by atomic mass is 35.5. The van der Waals surface area contributed by atoms with Gasteiger partial charge in [-0.2, -0.15) is 0 Å². The molecule has 0 fully saturated rings. The van der Waals surface area contributed by atoms with Crippen molar-refractivity contribution in [3.05, 3.63) is 107 Å². The first kappa shape index (κ1) is 23.8. The summed E-state index contributed by atoms with van der Waals surface area (Å²) in [4.78, 5) is 31.2. The maximum atomic E-state index is 13.0. The topological polar surface area (TPSA) is 91.8 Å². The number of ether oxygens (including phenoxy) is 1. The molecule has 0 radical (unpaired) electrons. The van der Waals surface area contributed by atoms with Gasteiger partial charge in [0.1, 0.15) is 11.4 Å². The standard InChI is InChI=1S/C27H22ClN3O4/c1-31(20-8-4-18(28)5-9-20)21-10-14-25(29-16-21)26(32)17-3-13-24(23(15-17)27(33)34)30-19-6-11-22(35-2)12-7-19/h3-16,30H,1-2H3,(H,33,34). The number of carboxylic acids is 1. The number of pyridine rings is 1. The lowest BCUT2D eigenvalue weighted by Gasteiger charge is -2.19. The molecular formula is C27H22ClN3O4. The van der Waals surface area contributed by atoms with Gasteiger partial charge in [-0.15, -0.1) is 0 Å². The SMILES string of the molecule is COc1ccc(Nc2ccc(C(=O)c3ccc(N(C)c4ccc(Cl)cc4)cn3)cc2C(=O)O)cc1. The fourth-order valence-corrected chi connectivity index (χ4v) is 3.61. The van der Waals surface area contributed by atoms with Crippen LogP contribution in [0.25, 0.3) is 0 Å². The van der Waals surface area contributed by atoms with Crippen LogP contribution >= 0.6 is 11.6 Å². The summed E-state index contributed by atoms with van der Waals surface area (Å²) in [6.07, 6.45) is 1.60. The maximum absolute atomic E-state index is 13.0. The Balaban J connectivity index is 1.55. The minimum atomic E-state index is -1.15. The number of aromatic carboxylic acids is 1. The fourth-order valence-electron chi connectivity index (χ4n) is 3.48. The highest BCUT2D eigenvalue weighted by Gasteiger charge is 2.17. The third kappa shape index (κ3) is 5.42. The molecular weight excluding hydrogens is 466 g/mol.